The smallest absolute Gasteiger partial charge is 0.307 e. The van der Waals surface area contributed by atoms with Gasteiger partial charge in [0.15, 0.2) is 0 Å². The van der Waals surface area contributed by atoms with Crippen LogP contribution >= 0.6 is 0 Å². The molecule has 1 aromatic carbocycles. The molecule has 4 aliphatic carbocycles. The first-order valence-electron chi connectivity index (χ1n) is 12.9. The van der Waals surface area contributed by atoms with E-state index in [1.165, 1.54) is 12.3 Å². The predicted molar refractivity (Wildman–Crippen MR) is 134 cm³/mol. The van der Waals surface area contributed by atoms with Crippen molar-refractivity contribution in [3.05, 3.63) is 69.5 Å². The molecule has 194 valence electrons. The summed E-state index contributed by atoms with van der Waals surface area (Å²) >= 11 is 0. The lowest BCUT2D eigenvalue weighted by atomic mass is 9.46. The molecule has 3 aromatic rings. The monoisotopic (exact) mass is 506 g/mol. The number of hydrogen-bond donors (Lipinski definition) is 1. The summed E-state index contributed by atoms with van der Waals surface area (Å²) in [5, 5.41) is 23.4. The van der Waals surface area contributed by atoms with Crippen LogP contribution in [0.15, 0.2) is 36.7 Å². The number of carbonyl (C=O) groups excluding carboxylic acids is 1. The number of anilines is 1. The largest absolute Gasteiger partial charge is 0.323 e. The Morgan fingerprint density at radius 2 is 1.95 bits per heavy atom. The average molecular weight is 507 g/mol. The highest BCUT2D eigenvalue weighted by atomic mass is 19.1. The van der Waals surface area contributed by atoms with Gasteiger partial charge in [-0.3, -0.25) is 24.3 Å². The standard InChI is InChI=1S/C27H31FN6O3/c1-17-25(18(2)32(31-17)14-21-5-3-4-6-23(21)28)30-24(35)12-26-8-19-7-20(9-26)11-27(10-19,16-26)33-15-22(13-29-33)34(36)37/h3-6,13,15,19-20H,7-12,14,16H2,1-2H3,(H,30,35). The minimum absolute atomic E-state index is 0.0147. The SMILES string of the molecule is Cc1nn(Cc2ccccc2F)c(C)c1NC(=O)CC12CC3CC(C1)CC(n1cc([N+](=O)[O-])cn1)(C3)C2. The summed E-state index contributed by atoms with van der Waals surface area (Å²) < 4.78 is 17.7. The molecule has 9 nitrogen and oxygen atoms in total. The third-order valence-electron chi connectivity index (χ3n) is 8.88. The van der Waals surface area contributed by atoms with Gasteiger partial charge in [-0.15, -0.1) is 0 Å². The van der Waals surface area contributed by atoms with Gasteiger partial charge < -0.3 is 5.32 Å². The molecule has 37 heavy (non-hydrogen) atoms. The number of rotatable bonds is 7. The Bertz CT molecular complexity index is 1380. The summed E-state index contributed by atoms with van der Waals surface area (Å²) in [5.74, 6) is 0.688. The maximum Gasteiger partial charge on any atom is 0.307 e. The van der Waals surface area contributed by atoms with Crippen LogP contribution in [0.4, 0.5) is 15.8 Å². The van der Waals surface area contributed by atoms with Crippen LogP contribution in [0.3, 0.4) is 0 Å². The lowest BCUT2D eigenvalue weighted by Gasteiger charge is -2.61. The molecule has 4 saturated carbocycles. The molecule has 2 atom stereocenters. The highest BCUT2D eigenvalue weighted by Crippen LogP contribution is 2.65. The maximum atomic E-state index is 14.2. The number of halogens is 1. The molecule has 4 fully saturated rings. The highest BCUT2D eigenvalue weighted by Gasteiger charge is 2.59. The number of hydrogen-bond acceptors (Lipinski definition) is 5. The zero-order chi connectivity index (χ0) is 25.9. The zero-order valence-corrected chi connectivity index (χ0v) is 21.1. The van der Waals surface area contributed by atoms with Crippen molar-refractivity contribution in [3.8, 4) is 0 Å². The molecule has 2 aromatic heterocycles. The fraction of sp³-hybridized carbons (Fsp3) is 0.519. The summed E-state index contributed by atoms with van der Waals surface area (Å²) in [6, 6.07) is 6.63. The molecule has 0 radical (unpaired) electrons. The van der Waals surface area contributed by atoms with Crippen molar-refractivity contribution in [3.63, 3.8) is 0 Å². The third kappa shape index (κ3) is 4.12. The summed E-state index contributed by atoms with van der Waals surface area (Å²) in [6.07, 6.45) is 9.22. The molecule has 2 heterocycles. The lowest BCUT2D eigenvalue weighted by molar-refractivity contribution is -0.385. The molecule has 7 rings (SSSR count). The van der Waals surface area contributed by atoms with E-state index in [1.807, 2.05) is 18.5 Å². The van der Waals surface area contributed by atoms with Crippen molar-refractivity contribution in [2.45, 2.75) is 70.9 Å². The lowest BCUT2D eigenvalue weighted by Crippen LogP contribution is -2.57. The van der Waals surface area contributed by atoms with Gasteiger partial charge in [-0.25, -0.2) is 4.39 Å². The normalized spacial score (nSPS) is 28.0. The molecular formula is C27H31FN6O3. The van der Waals surface area contributed by atoms with E-state index < -0.39 is 4.92 Å². The van der Waals surface area contributed by atoms with Gasteiger partial charge in [0.2, 0.25) is 5.91 Å². The Morgan fingerprint density at radius 3 is 2.62 bits per heavy atom. The maximum absolute atomic E-state index is 14.2. The van der Waals surface area contributed by atoms with E-state index >= 15 is 0 Å². The van der Waals surface area contributed by atoms with Gasteiger partial charge in [0.1, 0.15) is 18.2 Å². The van der Waals surface area contributed by atoms with Gasteiger partial charge >= 0.3 is 5.69 Å². The van der Waals surface area contributed by atoms with Gasteiger partial charge in [0, 0.05) is 12.0 Å². The molecule has 2 unspecified atom stereocenters. The van der Waals surface area contributed by atoms with Crippen LogP contribution in [-0.4, -0.2) is 30.4 Å². The Hall–Kier alpha value is -3.56. The van der Waals surface area contributed by atoms with Crippen LogP contribution in [0.2, 0.25) is 0 Å². The average Bonchev–Trinajstić information content (AvgIpc) is 3.42. The Morgan fingerprint density at radius 1 is 1.22 bits per heavy atom. The first kappa shape index (κ1) is 23.8. The van der Waals surface area contributed by atoms with Gasteiger partial charge in [0.05, 0.1) is 34.1 Å². The minimum Gasteiger partial charge on any atom is -0.323 e. The first-order chi connectivity index (χ1) is 17.7. The van der Waals surface area contributed by atoms with E-state index in [4.69, 9.17) is 0 Å². The number of nitrogens with one attached hydrogen (secondary N) is 1. The summed E-state index contributed by atoms with van der Waals surface area (Å²) in [6.45, 7) is 4.03. The van der Waals surface area contributed by atoms with Crippen LogP contribution in [0.5, 0.6) is 0 Å². The Kier molecular flexibility index (Phi) is 5.47. The summed E-state index contributed by atoms with van der Waals surface area (Å²) in [4.78, 5) is 24.3. The summed E-state index contributed by atoms with van der Waals surface area (Å²) in [7, 11) is 0. The first-order valence-corrected chi connectivity index (χ1v) is 12.9. The third-order valence-corrected chi connectivity index (χ3v) is 8.88. The van der Waals surface area contributed by atoms with E-state index in [9.17, 15) is 19.3 Å². The molecule has 0 spiro atoms. The van der Waals surface area contributed by atoms with Gasteiger partial charge in [-0.1, -0.05) is 18.2 Å². The minimum atomic E-state index is -0.399. The number of amides is 1. The van der Waals surface area contributed by atoms with Gasteiger partial charge in [-0.05, 0) is 75.7 Å². The van der Waals surface area contributed by atoms with Crippen molar-refractivity contribution in [2.75, 3.05) is 5.32 Å². The number of aromatic nitrogens is 4. The fourth-order valence-corrected chi connectivity index (χ4v) is 7.89. The number of aryl methyl sites for hydroxylation is 1. The van der Waals surface area contributed by atoms with Crippen molar-refractivity contribution in [1.82, 2.24) is 19.6 Å². The Balaban J connectivity index is 1.21. The van der Waals surface area contributed by atoms with E-state index in [2.05, 4.69) is 15.5 Å². The Labute approximate surface area is 214 Å². The van der Waals surface area contributed by atoms with Crippen LogP contribution in [0.25, 0.3) is 0 Å². The number of nitro groups is 1. The van der Waals surface area contributed by atoms with Gasteiger partial charge in [0.25, 0.3) is 0 Å². The molecule has 1 amide bonds. The molecule has 4 aliphatic rings. The molecule has 0 saturated heterocycles. The second-order valence-corrected chi connectivity index (χ2v) is 11.6. The molecular weight excluding hydrogens is 475 g/mol. The topological polar surface area (TPSA) is 108 Å². The predicted octanol–water partition coefficient (Wildman–Crippen LogP) is 5.12. The van der Waals surface area contributed by atoms with E-state index in [0.717, 1.165) is 44.2 Å². The van der Waals surface area contributed by atoms with Crippen LogP contribution in [0, 0.1) is 47.0 Å². The molecule has 4 bridgehead atoms. The second kappa shape index (κ2) is 8.49. The van der Waals surface area contributed by atoms with Crippen LogP contribution in [-0.2, 0) is 16.9 Å². The van der Waals surface area contributed by atoms with Gasteiger partial charge in [-0.2, -0.15) is 10.2 Å². The number of nitrogens with zero attached hydrogens (tertiary/aromatic N) is 5. The number of carbonyl (C=O) groups is 1. The highest BCUT2D eigenvalue weighted by molar-refractivity contribution is 5.92. The van der Waals surface area contributed by atoms with E-state index in [1.54, 1.807) is 29.1 Å². The van der Waals surface area contributed by atoms with Crippen molar-refractivity contribution in [1.29, 1.82) is 0 Å². The molecule has 0 aliphatic heterocycles. The fourth-order valence-electron chi connectivity index (χ4n) is 7.89. The van der Waals surface area contributed by atoms with Crippen LogP contribution < -0.4 is 5.32 Å². The molecule has 10 heteroatoms. The second-order valence-electron chi connectivity index (χ2n) is 11.6. The van der Waals surface area contributed by atoms with Crippen molar-refractivity contribution < 1.29 is 14.1 Å². The zero-order valence-electron chi connectivity index (χ0n) is 21.1. The quantitative estimate of drug-likeness (QED) is 0.354. The van der Waals surface area contributed by atoms with Crippen molar-refractivity contribution >= 4 is 17.3 Å². The summed E-state index contributed by atoms with van der Waals surface area (Å²) in [5.41, 5.74) is 2.34. The van der Waals surface area contributed by atoms with E-state index in [0.29, 0.717) is 41.7 Å². The molecule has 1 N–H and O–H groups in total. The van der Waals surface area contributed by atoms with E-state index in [-0.39, 0.29) is 28.4 Å². The number of benzene rings is 1. The van der Waals surface area contributed by atoms with Crippen molar-refractivity contribution in [2.24, 2.45) is 17.3 Å². The van der Waals surface area contributed by atoms with Crippen LogP contribution in [0.1, 0.15) is 61.9 Å².